The molecular weight excluding hydrogens is 383 g/mol. The van der Waals surface area contributed by atoms with E-state index in [1.807, 2.05) is 12.3 Å². The van der Waals surface area contributed by atoms with E-state index in [-0.39, 0.29) is 5.82 Å². The molecule has 0 saturated heterocycles. The zero-order valence-electron chi connectivity index (χ0n) is 18.8. The largest absolute Gasteiger partial charge is 0.292 e. The van der Waals surface area contributed by atoms with Gasteiger partial charge in [0, 0.05) is 16.3 Å². The molecule has 5 aromatic rings. The number of hydrogen-bond acceptors (Lipinski definition) is 1. The minimum Gasteiger partial charge on any atom is -0.292 e. The Morgan fingerprint density at radius 1 is 0.968 bits per heavy atom. The van der Waals surface area contributed by atoms with E-state index in [4.69, 9.17) is 4.98 Å². The molecule has 0 aliphatic carbocycles. The van der Waals surface area contributed by atoms with Crippen molar-refractivity contribution in [3.05, 3.63) is 82.8 Å². The lowest BCUT2D eigenvalue weighted by atomic mass is 9.92. The van der Waals surface area contributed by atoms with E-state index < -0.39 is 0 Å². The average molecular weight is 411 g/mol. The highest BCUT2D eigenvalue weighted by Crippen LogP contribution is 2.39. The first-order chi connectivity index (χ1) is 14.9. The molecule has 0 spiro atoms. The van der Waals surface area contributed by atoms with E-state index in [0.717, 1.165) is 34.1 Å². The molecule has 0 N–H and O–H groups in total. The fourth-order valence-electron chi connectivity index (χ4n) is 5.12. The van der Waals surface area contributed by atoms with Crippen molar-refractivity contribution >= 4 is 27.3 Å². The summed E-state index contributed by atoms with van der Waals surface area (Å²) >= 11 is 0. The van der Waals surface area contributed by atoms with Gasteiger partial charge in [0.05, 0.1) is 17.4 Å². The summed E-state index contributed by atoms with van der Waals surface area (Å²) in [6.07, 6.45) is 3.01. The van der Waals surface area contributed by atoms with Crippen molar-refractivity contribution in [2.45, 2.75) is 47.0 Å². The van der Waals surface area contributed by atoms with Gasteiger partial charge in [-0.2, -0.15) is 0 Å². The zero-order valence-corrected chi connectivity index (χ0v) is 18.8. The molecule has 1 atom stereocenters. The number of pyridine rings is 1. The molecule has 2 nitrogen and oxygen atoms in total. The van der Waals surface area contributed by atoms with Gasteiger partial charge >= 0.3 is 0 Å². The van der Waals surface area contributed by atoms with Crippen LogP contribution in [0, 0.1) is 26.6 Å². The average Bonchev–Trinajstić information content (AvgIpc) is 3.17. The summed E-state index contributed by atoms with van der Waals surface area (Å²) in [6, 6.07) is 16.0. The maximum Gasteiger partial charge on any atom is 0.145 e. The molecule has 0 saturated carbocycles. The third-order valence-electron chi connectivity index (χ3n) is 6.65. The highest BCUT2D eigenvalue weighted by molar-refractivity contribution is 6.13. The van der Waals surface area contributed by atoms with E-state index in [2.05, 4.69) is 69.4 Å². The molecule has 2 heterocycles. The van der Waals surface area contributed by atoms with Crippen molar-refractivity contribution in [3.63, 3.8) is 0 Å². The Morgan fingerprint density at radius 3 is 2.42 bits per heavy atom. The fourth-order valence-corrected chi connectivity index (χ4v) is 5.12. The minimum absolute atomic E-state index is 0.233. The van der Waals surface area contributed by atoms with Crippen molar-refractivity contribution < 1.29 is 4.39 Å². The van der Waals surface area contributed by atoms with Crippen molar-refractivity contribution in [2.24, 2.45) is 0 Å². The first-order valence-electron chi connectivity index (χ1n) is 11.0. The fraction of sp³-hybridized carbons (Fsp3) is 0.250. The van der Waals surface area contributed by atoms with Crippen LogP contribution in [0.4, 0.5) is 4.39 Å². The Hall–Kier alpha value is -3.20. The van der Waals surface area contributed by atoms with Crippen LogP contribution in [0.2, 0.25) is 0 Å². The molecule has 1 unspecified atom stereocenters. The van der Waals surface area contributed by atoms with Gasteiger partial charge in [0.1, 0.15) is 11.5 Å². The Labute approximate surface area is 182 Å². The number of imidazole rings is 1. The van der Waals surface area contributed by atoms with Crippen molar-refractivity contribution in [3.8, 4) is 11.3 Å². The molecule has 0 radical (unpaired) electrons. The molecule has 0 amide bonds. The molecule has 156 valence electrons. The molecule has 2 aromatic heterocycles. The maximum absolute atomic E-state index is 14.4. The molecule has 0 aliphatic heterocycles. The standard InChI is InChI=1S/C28H27FN2/c1-6-17(3)21-8-7-9-23-22-11-10-20(29)14-24(22)31-25(15-30-28(31)27(21)23)26-18(4)12-16(2)13-19(26)5/h7-15,17H,6H2,1-5H3. The van der Waals surface area contributed by atoms with Crippen LogP contribution < -0.4 is 0 Å². The number of nitrogens with zero attached hydrogens (tertiary/aromatic N) is 2. The third kappa shape index (κ3) is 2.95. The van der Waals surface area contributed by atoms with E-state index in [0.29, 0.717) is 5.92 Å². The lowest BCUT2D eigenvalue weighted by molar-refractivity contribution is 0.629. The highest BCUT2D eigenvalue weighted by atomic mass is 19.1. The summed E-state index contributed by atoms with van der Waals surface area (Å²) in [5.74, 6) is 0.177. The monoisotopic (exact) mass is 410 g/mol. The molecule has 0 fully saturated rings. The number of aromatic nitrogens is 2. The Morgan fingerprint density at radius 2 is 1.71 bits per heavy atom. The minimum atomic E-state index is -0.233. The molecule has 0 bridgehead atoms. The number of hydrogen-bond donors (Lipinski definition) is 0. The topological polar surface area (TPSA) is 17.3 Å². The summed E-state index contributed by atoms with van der Waals surface area (Å²) in [5, 5.41) is 3.36. The molecule has 0 aliphatic rings. The van der Waals surface area contributed by atoms with Gasteiger partial charge in [-0.05, 0) is 73.4 Å². The predicted octanol–water partition coefficient (Wildman–Crippen LogP) is 7.89. The summed E-state index contributed by atoms with van der Waals surface area (Å²) in [6.45, 7) is 10.9. The lowest BCUT2D eigenvalue weighted by Gasteiger charge is -2.18. The number of fused-ring (bicyclic) bond motifs is 6. The van der Waals surface area contributed by atoms with Crippen molar-refractivity contribution in [1.29, 1.82) is 0 Å². The SMILES string of the molecule is CCC(C)c1cccc2c3ccc(F)cc3n3c(-c4c(C)cc(C)cc4C)cnc3c12. The number of halogens is 1. The van der Waals surface area contributed by atoms with Crippen molar-refractivity contribution in [2.75, 3.05) is 0 Å². The lowest BCUT2D eigenvalue weighted by Crippen LogP contribution is -2.00. The zero-order chi connectivity index (χ0) is 21.9. The maximum atomic E-state index is 14.4. The van der Waals surface area contributed by atoms with E-state index in [9.17, 15) is 4.39 Å². The predicted molar refractivity (Wildman–Crippen MR) is 129 cm³/mol. The number of rotatable bonds is 3. The second kappa shape index (κ2) is 7.19. The smallest absolute Gasteiger partial charge is 0.145 e. The quantitative estimate of drug-likeness (QED) is 0.276. The van der Waals surface area contributed by atoms with Crippen LogP contribution in [0.15, 0.2) is 54.7 Å². The van der Waals surface area contributed by atoms with Gasteiger partial charge in [0.25, 0.3) is 0 Å². The highest BCUT2D eigenvalue weighted by Gasteiger charge is 2.20. The van der Waals surface area contributed by atoms with E-state index in [1.165, 1.54) is 33.2 Å². The van der Waals surface area contributed by atoms with Gasteiger partial charge in [-0.3, -0.25) is 4.40 Å². The van der Waals surface area contributed by atoms with Gasteiger partial charge in [-0.25, -0.2) is 9.37 Å². The molecule has 5 rings (SSSR count). The van der Waals surface area contributed by atoms with Crippen LogP contribution in [0.1, 0.15) is 48.4 Å². The Bertz CT molecular complexity index is 1450. The molecule has 31 heavy (non-hydrogen) atoms. The van der Waals surface area contributed by atoms with Crippen LogP contribution in [0.3, 0.4) is 0 Å². The molecule has 3 aromatic carbocycles. The Kier molecular flexibility index (Phi) is 4.58. The number of aryl methyl sites for hydroxylation is 3. The third-order valence-corrected chi connectivity index (χ3v) is 6.65. The summed E-state index contributed by atoms with van der Waals surface area (Å²) in [7, 11) is 0. The van der Waals surface area contributed by atoms with Crippen molar-refractivity contribution in [1.82, 2.24) is 9.38 Å². The van der Waals surface area contributed by atoms with Gasteiger partial charge in [-0.15, -0.1) is 0 Å². The van der Waals surface area contributed by atoms with Crippen LogP contribution in [-0.2, 0) is 0 Å². The van der Waals surface area contributed by atoms with Gasteiger partial charge in [-0.1, -0.05) is 49.7 Å². The van der Waals surface area contributed by atoms with Crippen LogP contribution in [0.5, 0.6) is 0 Å². The molecular formula is C28H27FN2. The number of benzene rings is 3. The summed E-state index contributed by atoms with van der Waals surface area (Å²) in [5.41, 5.74) is 8.90. The second-order valence-corrected chi connectivity index (χ2v) is 8.82. The summed E-state index contributed by atoms with van der Waals surface area (Å²) < 4.78 is 16.6. The summed E-state index contributed by atoms with van der Waals surface area (Å²) in [4.78, 5) is 4.93. The van der Waals surface area contributed by atoms with Gasteiger partial charge < -0.3 is 0 Å². The van der Waals surface area contributed by atoms with Crippen LogP contribution >= 0.6 is 0 Å². The first-order valence-corrected chi connectivity index (χ1v) is 11.0. The van der Waals surface area contributed by atoms with E-state index in [1.54, 1.807) is 12.1 Å². The normalized spacial score (nSPS) is 12.8. The van der Waals surface area contributed by atoms with Crippen LogP contribution in [-0.4, -0.2) is 9.38 Å². The van der Waals surface area contributed by atoms with Gasteiger partial charge in [0.15, 0.2) is 0 Å². The van der Waals surface area contributed by atoms with Gasteiger partial charge in [0.2, 0.25) is 0 Å². The first kappa shape index (κ1) is 19.7. The second-order valence-electron chi connectivity index (χ2n) is 8.82. The molecule has 3 heteroatoms. The Balaban J connectivity index is 2.03. The van der Waals surface area contributed by atoms with E-state index >= 15 is 0 Å². The van der Waals surface area contributed by atoms with Crippen LogP contribution in [0.25, 0.3) is 38.6 Å².